The molecule has 1 rings (SSSR count). The topological polar surface area (TPSA) is 37.1 Å². The van der Waals surface area contributed by atoms with E-state index in [9.17, 15) is 0 Å². The van der Waals surface area contributed by atoms with Gasteiger partial charge in [-0.15, -0.1) is 5.11 Å². The Kier molecular flexibility index (Phi) is 2.93. The van der Waals surface area contributed by atoms with Crippen molar-refractivity contribution in [2.24, 2.45) is 15.2 Å². The molecule has 1 unspecified atom stereocenters. The van der Waals surface area contributed by atoms with Crippen molar-refractivity contribution in [3.8, 4) is 0 Å². The van der Waals surface area contributed by atoms with Crippen LogP contribution in [0.4, 0.5) is 0 Å². The van der Waals surface area contributed by atoms with Crippen molar-refractivity contribution in [3.05, 3.63) is 12.2 Å². The number of azo groups is 1. The second-order valence-electron chi connectivity index (χ2n) is 2.53. The van der Waals surface area contributed by atoms with Crippen LogP contribution < -0.4 is 0 Å². The van der Waals surface area contributed by atoms with Crippen LogP contribution in [-0.4, -0.2) is 16.8 Å². The molecule has 1 aliphatic rings. The van der Waals surface area contributed by atoms with Crippen LogP contribution in [0.2, 0.25) is 0 Å². The number of hydrogen-bond donors (Lipinski definition) is 0. The molecule has 0 N–H and O–H groups in total. The third-order valence-corrected chi connectivity index (χ3v) is 1.55. The monoisotopic (exact) mass is 215 g/mol. The van der Waals surface area contributed by atoms with Crippen molar-refractivity contribution in [3.63, 3.8) is 0 Å². The zero-order valence-corrected chi connectivity index (χ0v) is 8.12. The van der Waals surface area contributed by atoms with Crippen molar-refractivity contribution < 1.29 is 0 Å². The van der Waals surface area contributed by atoms with Crippen molar-refractivity contribution in [2.75, 3.05) is 0 Å². The highest BCUT2D eigenvalue weighted by molar-refractivity contribution is 9.09. The summed E-state index contributed by atoms with van der Waals surface area (Å²) in [6.07, 6.45) is 3.78. The van der Waals surface area contributed by atoms with Gasteiger partial charge >= 0.3 is 0 Å². The number of amidine groups is 1. The third-order valence-electron chi connectivity index (χ3n) is 1.07. The first-order valence-electron chi connectivity index (χ1n) is 3.49. The highest BCUT2D eigenvalue weighted by Gasteiger charge is 2.03. The van der Waals surface area contributed by atoms with Gasteiger partial charge < -0.3 is 0 Å². The summed E-state index contributed by atoms with van der Waals surface area (Å²) in [5.74, 6) is 0.704. The van der Waals surface area contributed by atoms with Gasteiger partial charge in [0.2, 0.25) is 0 Å². The Hall–Kier alpha value is -0.510. The zero-order valence-electron chi connectivity index (χ0n) is 6.53. The minimum atomic E-state index is 0.0219. The van der Waals surface area contributed by atoms with Gasteiger partial charge in [-0.25, -0.2) is 0 Å². The summed E-state index contributed by atoms with van der Waals surface area (Å²) >= 11 is 3.28. The van der Waals surface area contributed by atoms with Gasteiger partial charge in [0, 0.05) is 6.04 Å². The van der Waals surface area contributed by atoms with Gasteiger partial charge in [-0.2, -0.15) is 5.11 Å². The number of alkyl halides is 1. The number of hydrogen-bond acceptors (Lipinski definition) is 2. The smallest absolute Gasteiger partial charge is 0.169 e. The van der Waals surface area contributed by atoms with Crippen LogP contribution in [0.25, 0.3) is 0 Å². The minimum absolute atomic E-state index is 0.0219. The fourth-order valence-electron chi connectivity index (χ4n) is 0.685. The molecule has 1 atom stereocenters. The Morgan fingerprint density at radius 2 is 2.36 bits per heavy atom. The van der Waals surface area contributed by atoms with E-state index in [1.807, 2.05) is 26.0 Å². The SMILES string of the molecule is CC(C)N=C1C=CC(Br)N=N1. The van der Waals surface area contributed by atoms with Crippen molar-refractivity contribution in [1.29, 1.82) is 0 Å². The molecule has 0 amide bonds. The standard InChI is InChI=1S/C7H10BrN3/c1-5(2)9-7-4-3-6(8)10-11-7/h3-6H,1-2H3. The van der Waals surface area contributed by atoms with Gasteiger partial charge in [-0.1, -0.05) is 15.9 Å². The van der Waals surface area contributed by atoms with Crippen LogP contribution in [0.3, 0.4) is 0 Å². The predicted molar refractivity (Wildman–Crippen MR) is 49.3 cm³/mol. The summed E-state index contributed by atoms with van der Waals surface area (Å²) < 4.78 is 0. The number of rotatable bonds is 1. The molecular weight excluding hydrogens is 206 g/mol. The maximum Gasteiger partial charge on any atom is 0.169 e. The molecule has 0 saturated carbocycles. The molecule has 0 saturated heterocycles. The summed E-state index contributed by atoms with van der Waals surface area (Å²) in [5, 5.41) is 7.78. The van der Waals surface area contributed by atoms with Crippen LogP contribution in [0.15, 0.2) is 27.4 Å². The molecular formula is C7H10BrN3. The highest BCUT2D eigenvalue weighted by atomic mass is 79.9. The third kappa shape index (κ3) is 2.93. The van der Waals surface area contributed by atoms with E-state index in [2.05, 4.69) is 31.2 Å². The van der Waals surface area contributed by atoms with Gasteiger partial charge in [0.1, 0.15) is 4.95 Å². The maximum atomic E-state index is 4.22. The molecule has 0 aliphatic carbocycles. The minimum Gasteiger partial charge on any atom is -0.262 e. The van der Waals surface area contributed by atoms with E-state index >= 15 is 0 Å². The Balaban J connectivity index is 2.65. The maximum absolute atomic E-state index is 4.22. The summed E-state index contributed by atoms with van der Waals surface area (Å²) in [6, 6.07) is 0.278. The number of halogens is 1. The van der Waals surface area contributed by atoms with E-state index in [1.54, 1.807) is 0 Å². The average molecular weight is 216 g/mol. The highest BCUT2D eigenvalue weighted by Crippen LogP contribution is 2.09. The van der Waals surface area contributed by atoms with Crippen LogP contribution in [-0.2, 0) is 0 Å². The molecule has 4 heteroatoms. The molecule has 60 valence electrons. The largest absolute Gasteiger partial charge is 0.262 e. The lowest BCUT2D eigenvalue weighted by Crippen LogP contribution is -2.02. The molecule has 3 nitrogen and oxygen atoms in total. The molecule has 0 fully saturated rings. The van der Waals surface area contributed by atoms with E-state index in [-0.39, 0.29) is 11.0 Å². The summed E-state index contributed by atoms with van der Waals surface area (Å²) in [5.41, 5.74) is 0. The molecule has 11 heavy (non-hydrogen) atoms. The quantitative estimate of drug-likeness (QED) is 0.477. The second-order valence-corrected chi connectivity index (χ2v) is 3.47. The van der Waals surface area contributed by atoms with Crippen molar-refractivity contribution in [1.82, 2.24) is 0 Å². The Morgan fingerprint density at radius 1 is 1.64 bits per heavy atom. The molecule has 0 bridgehead atoms. The van der Waals surface area contributed by atoms with E-state index in [4.69, 9.17) is 0 Å². The molecule has 0 aromatic rings. The summed E-state index contributed by atoms with van der Waals surface area (Å²) in [4.78, 5) is 4.24. The lowest BCUT2D eigenvalue weighted by molar-refractivity contribution is 0.830. The average Bonchev–Trinajstić information content (AvgIpc) is 1.93. The molecule has 1 heterocycles. The molecule has 0 aromatic heterocycles. The fraction of sp³-hybridized carbons (Fsp3) is 0.571. The normalized spacial score (nSPS) is 26.9. The van der Waals surface area contributed by atoms with E-state index in [0.717, 1.165) is 0 Å². The molecule has 0 spiro atoms. The first-order chi connectivity index (χ1) is 5.18. The summed E-state index contributed by atoms with van der Waals surface area (Å²) in [7, 11) is 0. The number of aliphatic imine (C=N–C) groups is 1. The molecule has 0 aromatic carbocycles. The van der Waals surface area contributed by atoms with E-state index in [0.29, 0.717) is 5.84 Å². The first kappa shape index (κ1) is 8.59. The van der Waals surface area contributed by atoms with Gasteiger partial charge in [0.05, 0.1) is 0 Å². The van der Waals surface area contributed by atoms with Crippen LogP contribution in [0.5, 0.6) is 0 Å². The lowest BCUT2D eigenvalue weighted by atomic mass is 10.4. The van der Waals surface area contributed by atoms with Gasteiger partial charge in [-0.3, -0.25) is 4.99 Å². The van der Waals surface area contributed by atoms with E-state index < -0.39 is 0 Å². The summed E-state index contributed by atoms with van der Waals surface area (Å²) in [6.45, 7) is 4.02. The van der Waals surface area contributed by atoms with Crippen molar-refractivity contribution >= 4 is 21.8 Å². The van der Waals surface area contributed by atoms with E-state index in [1.165, 1.54) is 0 Å². The first-order valence-corrected chi connectivity index (χ1v) is 4.41. The van der Waals surface area contributed by atoms with Crippen molar-refractivity contribution in [2.45, 2.75) is 24.8 Å². The van der Waals surface area contributed by atoms with Gasteiger partial charge in [0.15, 0.2) is 5.84 Å². The van der Waals surface area contributed by atoms with Gasteiger partial charge in [0.25, 0.3) is 0 Å². The zero-order chi connectivity index (χ0) is 8.27. The fourth-order valence-corrected chi connectivity index (χ4v) is 0.929. The van der Waals surface area contributed by atoms with Crippen LogP contribution in [0, 0.1) is 0 Å². The molecule has 0 radical (unpaired) electrons. The lowest BCUT2D eigenvalue weighted by Gasteiger charge is -2.03. The van der Waals surface area contributed by atoms with Crippen LogP contribution >= 0.6 is 15.9 Å². The number of nitrogens with zero attached hydrogens (tertiary/aromatic N) is 3. The predicted octanol–water partition coefficient (Wildman–Crippen LogP) is 2.54. The Bertz CT molecular complexity index is 202. The van der Waals surface area contributed by atoms with Crippen LogP contribution in [0.1, 0.15) is 13.8 Å². The Labute approximate surface area is 74.4 Å². The Morgan fingerprint density at radius 3 is 2.82 bits per heavy atom. The van der Waals surface area contributed by atoms with Gasteiger partial charge in [-0.05, 0) is 26.0 Å². The second kappa shape index (κ2) is 3.76. The molecule has 1 aliphatic heterocycles.